The summed E-state index contributed by atoms with van der Waals surface area (Å²) < 4.78 is 0. The van der Waals surface area contributed by atoms with E-state index < -0.39 is 0 Å². The standard InChI is InChI=1S/C15H23N3/c1-2-4-13-10-17-15(9-12(13)3-1)11-18-14-5-7-16-8-6-14/h1-4,14-18H,5-11H2/t15-/m0/s1. The van der Waals surface area contributed by atoms with Crippen LogP contribution in [0.1, 0.15) is 24.0 Å². The van der Waals surface area contributed by atoms with Gasteiger partial charge >= 0.3 is 0 Å². The molecule has 1 aromatic carbocycles. The molecular formula is C15H23N3. The Kier molecular flexibility index (Phi) is 3.93. The number of fused-ring (bicyclic) bond motifs is 1. The Balaban J connectivity index is 1.50. The van der Waals surface area contributed by atoms with E-state index in [2.05, 4.69) is 40.2 Å². The summed E-state index contributed by atoms with van der Waals surface area (Å²) in [6.45, 7) is 4.45. The lowest BCUT2D eigenvalue weighted by atomic mass is 9.95. The van der Waals surface area contributed by atoms with Crippen molar-refractivity contribution in [1.82, 2.24) is 16.0 Å². The molecule has 3 N–H and O–H groups in total. The Morgan fingerprint density at radius 3 is 2.72 bits per heavy atom. The predicted molar refractivity (Wildman–Crippen MR) is 74.7 cm³/mol. The van der Waals surface area contributed by atoms with Crippen molar-refractivity contribution in [2.45, 2.75) is 37.9 Å². The van der Waals surface area contributed by atoms with Crippen molar-refractivity contribution in [2.24, 2.45) is 0 Å². The Labute approximate surface area is 109 Å². The molecule has 0 bridgehead atoms. The van der Waals surface area contributed by atoms with E-state index in [4.69, 9.17) is 0 Å². The van der Waals surface area contributed by atoms with Crippen molar-refractivity contribution >= 4 is 0 Å². The van der Waals surface area contributed by atoms with E-state index in [1.54, 1.807) is 0 Å². The number of benzene rings is 1. The van der Waals surface area contributed by atoms with Crippen molar-refractivity contribution in [3.8, 4) is 0 Å². The van der Waals surface area contributed by atoms with E-state index in [0.29, 0.717) is 12.1 Å². The molecule has 0 aliphatic carbocycles. The lowest BCUT2D eigenvalue weighted by Gasteiger charge is -2.30. The minimum Gasteiger partial charge on any atom is -0.317 e. The van der Waals surface area contributed by atoms with Gasteiger partial charge in [0.2, 0.25) is 0 Å². The molecule has 1 aromatic rings. The van der Waals surface area contributed by atoms with Gasteiger partial charge in [0, 0.05) is 25.2 Å². The van der Waals surface area contributed by atoms with Crippen LogP contribution in [0.2, 0.25) is 0 Å². The zero-order valence-corrected chi connectivity index (χ0v) is 10.9. The Hall–Kier alpha value is -0.900. The quantitative estimate of drug-likeness (QED) is 0.745. The van der Waals surface area contributed by atoms with E-state index >= 15 is 0 Å². The molecule has 3 heteroatoms. The van der Waals surface area contributed by atoms with Gasteiger partial charge in [-0.2, -0.15) is 0 Å². The Morgan fingerprint density at radius 1 is 1.11 bits per heavy atom. The summed E-state index contributed by atoms with van der Waals surface area (Å²) in [6.07, 6.45) is 3.70. The van der Waals surface area contributed by atoms with Crippen molar-refractivity contribution in [2.75, 3.05) is 19.6 Å². The van der Waals surface area contributed by atoms with E-state index in [0.717, 1.165) is 19.5 Å². The first-order valence-corrected chi connectivity index (χ1v) is 7.16. The van der Waals surface area contributed by atoms with E-state index in [-0.39, 0.29) is 0 Å². The highest BCUT2D eigenvalue weighted by Crippen LogP contribution is 2.16. The number of piperidine rings is 1. The molecule has 2 heterocycles. The van der Waals surface area contributed by atoms with Crippen LogP contribution >= 0.6 is 0 Å². The molecule has 2 aliphatic heterocycles. The van der Waals surface area contributed by atoms with Crippen LogP contribution in [0, 0.1) is 0 Å². The second-order valence-corrected chi connectivity index (χ2v) is 5.48. The van der Waals surface area contributed by atoms with E-state index in [1.165, 1.54) is 37.1 Å². The third-order valence-corrected chi connectivity index (χ3v) is 4.16. The van der Waals surface area contributed by atoms with Gasteiger partial charge in [-0.05, 0) is 43.5 Å². The first kappa shape index (κ1) is 12.2. The third-order valence-electron chi connectivity index (χ3n) is 4.16. The molecule has 1 atom stereocenters. The highest BCUT2D eigenvalue weighted by molar-refractivity contribution is 5.29. The molecular weight excluding hydrogens is 222 g/mol. The molecule has 3 nitrogen and oxygen atoms in total. The molecule has 0 spiro atoms. The monoisotopic (exact) mass is 245 g/mol. The molecule has 2 aliphatic rings. The van der Waals surface area contributed by atoms with Crippen molar-refractivity contribution in [3.05, 3.63) is 35.4 Å². The maximum Gasteiger partial charge on any atom is 0.0236 e. The second-order valence-electron chi connectivity index (χ2n) is 5.48. The first-order valence-electron chi connectivity index (χ1n) is 7.16. The maximum atomic E-state index is 3.72. The highest BCUT2D eigenvalue weighted by atomic mass is 15.0. The summed E-state index contributed by atoms with van der Waals surface area (Å²) in [4.78, 5) is 0. The molecule has 0 radical (unpaired) electrons. The van der Waals surface area contributed by atoms with Gasteiger partial charge in [0.15, 0.2) is 0 Å². The van der Waals surface area contributed by atoms with Gasteiger partial charge in [-0.1, -0.05) is 24.3 Å². The van der Waals surface area contributed by atoms with Crippen LogP contribution in [0.5, 0.6) is 0 Å². The van der Waals surface area contributed by atoms with Gasteiger partial charge < -0.3 is 16.0 Å². The van der Waals surface area contributed by atoms with E-state index in [9.17, 15) is 0 Å². The molecule has 0 unspecified atom stereocenters. The summed E-state index contributed by atoms with van der Waals surface area (Å²) in [6, 6.07) is 10.1. The zero-order valence-electron chi connectivity index (χ0n) is 10.9. The fourth-order valence-corrected chi connectivity index (χ4v) is 3.00. The van der Waals surface area contributed by atoms with Gasteiger partial charge in [-0.25, -0.2) is 0 Å². The van der Waals surface area contributed by atoms with Crippen LogP contribution in [0.3, 0.4) is 0 Å². The fraction of sp³-hybridized carbons (Fsp3) is 0.600. The van der Waals surface area contributed by atoms with Crippen molar-refractivity contribution in [1.29, 1.82) is 0 Å². The Bertz CT molecular complexity index is 385. The smallest absolute Gasteiger partial charge is 0.0236 e. The summed E-state index contributed by atoms with van der Waals surface area (Å²) in [7, 11) is 0. The SMILES string of the molecule is c1ccc2c(c1)CN[C@H](CNC1CCNCC1)C2. The van der Waals surface area contributed by atoms with Crippen LogP contribution in [-0.2, 0) is 13.0 Å². The summed E-state index contributed by atoms with van der Waals surface area (Å²) in [5.74, 6) is 0. The largest absolute Gasteiger partial charge is 0.317 e. The number of hydrogen-bond acceptors (Lipinski definition) is 3. The molecule has 98 valence electrons. The van der Waals surface area contributed by atoms with Crippen LogP contribution in [0.15, 0.2) is 24.3 Å². The van der Waals surface area contributed by atoms with E-state index in [1.807, 2.05) is 0 Å². The topological polar surface area (TPSA) is 36.1 Å². The molecule has 0 aromatic heterocycles. The highest BCUT2D eigenvalue weighted by Gasteiger charge is 2.19. The predicted octanol–water partition coefficient (Wildman–Crippen LogP) is 1.04. The average molecular weight is 245 g/mol. The van der Waals surface area contributed by atoms with Crippen LogP contribution in [0.4, 0.5) is 0 Å². The van der Waals surface area contributed by atoms with Crippen molar-refractivity contribution in [3.63, 3.8) is 0 Å². The van der Waals surface area contributed by atoms with Crippen LogP contribution in [-0.4, -0.2) is 31.7 Å². The van der Waals surface area contributed by atoms with Gasteiger partial charge in [0.05, 0.1) is 0 Å². The lowest BCUT2D eigenvalue weighted by molar-refractivity contribution is 0.355. The second kappa shape index (κ2) is 5.83. The summed E-state index contributed by atoms with van der Waals surface area (Å²) in [5, 5.41) is 10.8. The minimum atomic E-state index is 0.592. The van der Waals surface area contributed by atoms with Crippen LogP contribution in [0.25, 0.3) is 0 Å². The summed E-state index contributed by atoms with van der Waals surface area (Å²) in [5.41, 5.74) is 2.99. The fourth-order valence-electron chi connectivity index (χ4n) is 3.00. The van der Waals surface area contributed by atoms with Gasteiger partial charge in [0.25, 0.3) is 0 Å². The number of nitrogens with one attached hydrogen (secondary N) is 3. The molecule has 3 rings (SSSR count). The molecule has 0 saturated carbocycles. The molecule has 0 amide bonds. The first-order chi connectivity index (χ1) is 8.92. The molecule has 18 heavy (non-hydrogen) atoms. The molecule has 1 saturated heterocycles. The van der Waals surface area contributed by atoms with Crippen molar-refractivity contribution < 1.29 is 0 Å². The minimum absolute atomic E-state index is 0.592. The average Bonchev–Trinajstić information content (AvgIpc) is 2.46. The van der Waals surface area contributed by atoms with Gasteiger partial charge in [0.1, 0.15) is 0 Å². The third kappa shape index (κ3) is 2.91. The zero-order chi connectivity index (χ0) is 12.2. The summed E-state index contributed by atoms with van der Waals surface area (Å²) >= 11 is 0. The number of hydrogen-bond donors (Lipinski definition) is 3. The lowest BCUT2D eigenvalue weighted by Crippen LogP contribution is -2.48. The molecule has 1 fully saturated rings. The van der Waals surface area contributed by atoms with Gasteiger partial charge in [-0.3, -0.25) is 0 Å². The van der Waals surface area contributed by atoms with Gasteiger partial charge in [-0.15, -0.1) is 0 Å². The normalized spacial score (nSPS) is 24.8. The Morgan fingerprint density at radius 2 is 1.89 bits per heavy atom. The van der Waals surface area contributed by atoms with Crippen LogP contribution < -0.4 is 16.0 Å². The maximum absolute atomic E-state index is 3.72. The number of rotatable bonds is 3.